The molecule has 1 atom stereocenters. The van der Waals surface area contributed by atoms with Crippen LogP contribution in [0.15, 0.2) is 60.0 Å². The van der Waals surface area contributed by atoms with Crippen molar-refractivity contribution in [3.05, 3.63) is 87.1 Å². The maximum Gasteiger partial charge on any atom is 0.242 e. The number of carbonyl (C=O) groups excluding carboxylic acids is 2. The van der Waals surface area contributed by atoms with Crippen LogP contribution in [0.1, 0.15) is 40.1 Å². The molecule has 0 spiro atoms. The number of benzene rings is 2. The van der Waals surface area contributed by atoms with Gasteiger partial charge in [0.2, 0.25) is 11.8 Å². The fraction of sp³-hybridized carbons (Fsp3) is 0.357. The van der Waals surface area contributed by atoms with E-state index in [0.29, 0.717) is 26.1 Å². The van der Waals surface area contributed by atoms with Crippen LogP contribution in [0.2, 0.25) is 0 Å². The monoisotopic (exact) mass is 476 g/mol. The second kappa shape index (κ2) is 10.9. The zero-order valence-corrected chi connectivity index (χ0v) is 20.9. The lowest BCUT2D eigenvalue weighted by Crippen LogP contribution is -2.48. The van der Waals surface area contributed by atoms with Gasteiger partial charge in [-0.2, -0.15) is 0 Å². The second-order valence-electron chi connectivity index (χ2n) is 8.80. The van der Waals surface area contributed by atoms with E-state index >= 15 is 0 Å². The summed E-state index contributed by atoms with van der Waals surface area (Å²) in [5, 5.41) is 2.09. The van der Waals surface area contributed by atoms with Crippen LogP contribution in [0.3, 0.4) is 0 Å². The summed E-state index contributed by atoms with van der Waals surface area (Å²) in [5.74, 6) is 0.779. The average Bonchev–Trinajstić information content (AvgIpc) is 3.31. The molecule has 0 saturated carbocycles. The summed E-state index contributed by atoms with van der Waals surface area (Å²) in [4.78, 5) is 31.2. The van der Waals surface area contributed by atoms with E-state index in [4.69, 9.17) is 4.74 Å². The Morgan fingerprint density at radius 3 is 2.65 bits per heavy atom. The van der Waals surface area contributed by atoms with Gasteiger partial charge >= 0.3 is 0 Å². The molecule has 0 N–H and O–H groups in total. The Morgan fingerprint density at radius 1 is 1.12 bits per heavy atom. The van der Waals surface area contributed by atoms with Crippen molar-refractivity contribution in [3.63, 3.8) is 0 Å². The van der Waals surface area contributed by atoms with E-state index in [0.717, 1.165) is 28.9 Å². The summed E-state index contributed by atoms with van der Waals surface area (Å²) < 4.78 is 6.23. The van der Waals surface area contributed by atoms with E-state index in [9.17, 15) is 9.59 Å². The first-order chi connectivity index (χ1) is 16.5. The van der Waals surface area contributed by atoms with Crippen LogP contribution in [-0.4, -0.2) is 47.9 Å². The molecule has 178 valence electrons. The van der Waals surface area contributed by atoms with Crippen molar-refractivity contribution in [1.82, 2.24) is 9.80 Å². The molecule has 0 fully saturated rings. The molecule has 34 heavy (non-hydrogen) atoms. The molecule has 5 nitrogen and oxygen atoms in total. The Bertz CT molecular complexity index is 1140. The summed E-state index contributed by atoms with van der Waals surface area (Å²) in [5.41, 5.74) is 4.40. The number of thiophene rings is 1. The largest absolute Gasteiger partial charge is 0.491 e. The van der Waals surface area contributed by atoms with Gasteiger partial charge in [-0.3, -0.25) is 9.59 Å². The SMILES string of the molecule is CCN(CC(=O)N1CCc2sccc2[C@@H]1COc1ccc(C)cc1C)C(=O)Cc1ccccc1. The van der Waals surface area contributed by atoms with Crippen molar-refractivity contribution < 1.29 is 14.3 Å². The van der Waals surface area contributed by atoms with Crippen LogP contribution in [0, 0.1) is 13.8 Å². The van der Waals surface area contributed by atoms with Crippen molar-refractivity contribution in [2.24, 2.45) is 0 Å². The number of hydrogen-bond acceptors (Lipinski definition) is 4. The maximum atomic E-state index is 13.5. The standard InChI is InChI=1S/C28H32N2O3S/c1-4-29(27(31)17-22-8-6-5-7-9-22)18-28(32)30-14-12-26-23(13-15-34-26)24(30)19-33-25-11-10-20(2)16-21(25)3/h5-11,13,15-16,24H,4,12,14,17-19H2,1-3H3/t24-/m0/s1. The molecule has 0 bridgehead atoms. The highest BCUT2D eigenvalue weighted by Crippen LogP contribution is 2.34. The first-order valence-electron chi connectivity index (χ1n) is 11.8. The highest BCUT2D eigenvalue weighted by molar-refractivity contribution is 7.10. The molecule has 1 aliphatic heterocycles. The molecular weight excluding hydrogens is 444 g/mol. The van der Waals surface area contributed by atoms with Crippen LogP contribution >= 0.6 is 11.3 Å². The fourth-order valence-electron chi connectivity index (χ4n) is 4.52. The summed E-state index contributed by atoms with van der Waals surface area (Å²) in [6.07, 6.45) is 1.14. The number of amides is 2. The molecule has 1 aliphatic rings. The van der Waals surface area contributed by atoms with E-state index in [1.54, 1.807) is 16.2 Å². The lowest BCUT2D eigenvalue weighted by Gasteiger charge is -2.37. The third kappa shape index (κ3) is 5.50. The maximum absolute atomic E-state index is 13.5. The fourth-order valence-corrected chi connectivity index (χ4v) is 5.45. The van der Waals surface area contributed by atoms with E-state index in [2.05, 4.69) is 24.4 Å². The van der Waals surface area contributed by atoms with Gasteiger partial charge in [0.05, 0.1) is 19.0 Å². The highest BCUT2D eigenvalue weighted by Gasteiger charge is 2.33. The minimum absolute atomic E-state index is 0.0293. The molecule has 6 heteroatoms. The molecule has 0 saturated heterocycles. The van der Waals surface area contributed by atoms with Crippen molar-refractivity contribution in [3.8, 4) is 5.75 Å². The molecular formula is C28H32N2O3S. The van der Waals surface area contributed by atoms with Gasteiger partial charge in [0, 0.05) is 18.0 Å². The van der Waals surface area contributed by atoms with E-state index in [1.165, 1.54) is 10.4 Å². The lowest BCUT2D eigenvalue weighted by atomic mass is 10.00. The van der Waals surface area contributed by atoms with Crippen molar-refractivity contribution in [2.75, 3.05) is 26.2 Å². The Kier molecular flexibility index (Phi) is 7.68. The highest BCUT2D eigenvalue weighted by atomic mass is 32.1. The molecule has 0 aliphatic carbocycles. The second-order valence-corrected chi connectivity index (χ2v) is 9.80. The smallest absolute Gasteiger partial charge is 0.242 e. The van der Waals surface area contributed by atoms with Gasteiger partial charge < -0.3 is 14.5 Å². The first kappa shape index (κ1) is 24.0. The number of carbonyl (C=O) groups is 2. The first-order valence-corrected chi connectivity index (χ1v) is 12.7. The van der Waals surface area contributed by atoms with Crippen LogP contribution in [0.5, 0.6) is 5.75 Å². The van der Waals surface area contributed by atoms with Gasteiger partial charge in [0.25, 0.3) is 0 Å². The minimum atomic E-state index is -0.161. The Hall–Kier alpha value is -3.12. The van der Waals surface area contributed by atoms with Crippen molar-refractivity contribution in [1.29, 1.82) is 0 Å². The van der Waals surface area contributed by atoms with Crippen molar-refractivity contribution in [2.45, 2.75) is 39.7 Å². The molecule has 2 heterocycles. The number of fused-ring (bicyclic) bond motifs is 1. The topological polar surface area (TPSA) is 49.9 Å². The summed E-state index contributed by atoms with van der Waals surface area (Å²) in [7, 11) is 0. The van der Waals surface area contributed by atoms with Gasteiger partial charge in [-0.15, -0.1) is 11.3 Å². The lowest BCUT2D eigenvalue weighted by molar-refractivity contribution is -0.142. The molecule has 3 aromatic rings. The summed E-state index contributed by atoms with van der Waals surface area (Å²) in [6.45, 7) is 7.64. The predicted molar refractivity (Wildman–Crippen MR) is 136 cm³/mol. The van der Waals surface area contributed by atoms with Crippen LogP contribution in [0.25, 0.3) is 0 Å². The van der Waals surface area contributed by atoms with Crippen LogP contribution in [-0.2, 0) is 22.4 Å². The molecule has 0 unspecified atom stereocenters. The number of hydrogen-bond donors (Lipinski definition) is 0. The Morgan fingerprint density at radius 2 is 1.91 bits per heavy atom. The number of ether oxygens (including phenoxy) is 1. The molecule has 1 aromatic heterocycles. The average molecular weight is 477 g/mol. The van der Waals surface area contributed by atoms with Crippen LogP contribution < -0.4 is 4.74 Å². The number of aryl methyl sites for hydroxylation is 2. The third-order valence-corrected chi connectivity index (χ3v) is 7.40. The summed E-state index contributed by atoms with van der Waals surface area (Å²) >= 11 is 1.74. The van der Waals surface area contributed by atoms with Gasteiger partial charge in [-0.05, 0) is 61.4 Å². The molecule has 4 rings (SSSR count). The summed E-state index contributed by atoms with van der Waals surface area (Å²) in [6, 6.07) is 17.8. The molecule has 0 radical (unpaired) electrons. The molecule has 2 aromatic carbocycles. The molecule has 2 amide bonds. The van der Waals surface area contributed by atoms with Crippen molar-refractivity contribution >= 4 is 23.2 Å². The van der Waals surface area contributed by atoms with Gasteiger partial charge in [0.15, 0.2) is 0 Å². The Labute approximate surface area is 206 Å². The van der Waals surface area contributed by atoms with E-state index in [-0.39, 0.29) is 24.4 Å². The quantitative estimate of drug-likeness (QED) is 0.462. The third-order valence-electron chi connectivity index (χ3n) is 6.40. The van der Waals surface area contributed by atoms with E-state index < -0.39 is 0 Å². The van der Waals surface area contributed by atoms with Gasteiger partial charge in [-0.25, -0.2) is 0 Å². The zero-order chi connectivity index (χ0) is 24.1. The van der Waals surface area contributed by atoms with Gasteiger partial charge in [-0.1, -0.05) is 48.0 Å². The normalized spacial score (nSPS) is 15.0. The predicted octanol–water partition coefficient (Wildman–Crippen LogP) is 4.96. The number of likely N-dealkylation sites (N-methyl/N-ethyl adjacent to an activating group) is 1. The number of rotatable bonds is 8. The minimum Gasteiger partial charge on any atom is -0.491 e. The van der Waals surface area contributed by atoms with Gasteiger partial charge in [0.1, 0.15) is 12.4 Å². The Balaban J connectivity index is 1.47. The number of nitrogens with zero attached hydrogens (tertiary/aromatic N) is 2. The van der Waals surface area contributed by atoms with Crippen LogP contribution in [0.4, 0.5) is 0 Å². The zero-order valence-electron chi connectivity index (χ0n) is 20.1. The van der Waals surface area contributed by atoms with E-state index in [1.807, 2.05) is 61.2 Å².